The zero-order valence-corrected chi connectivity index (χ0v) is 14.9. The number of carbonyl (C=O) groups excluding carboxylic acids is 1. The van der Waals surface area contributed by atoms with Gasteiger partial charge in [0.2, 0.25) is 5.82 Å². The highest BCUT2D eigenvalue weighted by Crippen LogP contribution is 2.23. The predicted octanol–water partition coefficient (Wildman–Crippen LogP) is 4.04. The SMILES string of the molecule is CCCNC(=O)c1nc(-c2ccc(Cl)cc2)n(-c2ccc(C)cc2)n1. The molecule has 0 aliphatic rings. The predicted molar refractivity (Wildman–Crippen MR) is 99.2 cm³/mol. The van der Waals surface area contributed by atoms with Crippen LogP contribution in [0.15, 0.2) is 48.5 Å². The topological polar surface area (TPSA) is 59.8 Å². The molecule has 0 unspecified atom stereocenters. The molecule has 0 fully saturated rings. The molecule has 3 aromatic rings. The van der Waals surface area contributed by atoms with Crippen molar-refractivity contribution in [3.8, 4) is 17.1 Å². The largest absolute Gasteiger partial charge is 0.349 e. The lowest BCUT2D eigenvalue weighted by molar-refractivity contribution is 0.0943. The average Bonchev–Trinajstić information content (AvgIpc) is 3.06. The van der Waals surface area contributed by atoms with Crippen LogP contribution in [0.3, 0.4) is 0 Å². The van der Waals surface area contributed by atoms with Crippen molar-refractivity contribution in [2.75, 3.05) is 6.54 Å². The third-order valence-corrected chi connectivity index (χ3v) is 3.98. The molecule has 2 aromatic carbocycles. The van der Waals surface area contributed by atoms with Gasteiger partial charge in [0, 0.05) is 17.1 Å². The van der Waals surface area contributed by atoms with E-state index >= 15 is 0 Å². The quantitative estimate of drug-likeness (QED) is 0.752. The van der Waals surface area contributed by atoms with Gasteiger partial charge in [-0.15, -0.1) is 5.10 Å². The monoisotopic (exact) mass is 354 g/mol. The van der Waals surface area contributed by atoms with Gasteiger partial charge in [0.25, 0.3) is 5.91 Å². The van der Waals surface area contributed by atoms with E-state index in [-0.39, 0.29) is 11.7 Å². The van der Waals surface area contributed by atoms with E-state index in [2.05, 4.69) is 15.4 Å². The maximum Gasteiger partial charge on any atom is 0.290 e. The molecule has 1 aromatic heterocycles. The Balaban J connectivity index is 2.07. The number of nitrogens with one attached hydrogen (secondary N) is 1. The number of benzene rings is 2. The number of amides is 1. The first-order valence-corrected chi connectivity index (χ1v) is 8.54. The maximum atomic E-state index is 12.3. The van der Waals surface area contributed by atoms with E-state index in [0.29, 0.717) is 17.4 Å². The van der Waals surface area contributed by atoms with Gasteiger partial charge in [0.1, 0.15) is 0 Å². The van der Waals surface area contributed by atoms with Crippen LogP contribution in [0.4, 0.5) is 0 Å². The van der Waals surface area contributed by atoms with Crippen LogP contribution >= 0.6 is 11.6 Å². The van der Waals surface area contributed by atoms with Gasteiger partial charge >= 0.3 is 0 Å². The highest BCUT2D eigenvalue weighted by atomic mass is 35.5. The van der Waals surface area contributed by atoms with Crippen LogP contribution in [0.5, 0.6) is 0 Å². The Morgan fingerprint density at radius 1 is 1.12 bits per heavy atom. The van der Waals surface area contributed by atoms with Crippen molar-refractivity contribution in [2.24, 2.45) is 0 Å². The Morgan fingerprint density at radius 3 is 2.44 bits per heavy atom. The summed E-state index contributed by atoms with van der Waals surface area (Å²) in [4.78, 5) is 16.7. The van der Waals surface area contributed by atoms with Gasteiger partial charge < -0.3 is 5.32 Å². The number of carbonyl (C=O) groups is 1. The van der Waals surface area contributed by atoms with Crippen LogP contribution in [0.1, 0.15) is 29.5 Å². The van der Waals surface area contributed by atoms with Crippen molar-refractivity contribution in [3.05, 3.63) is 64.9 Å². The summed E-state index contributed by atoms with van der Waals surface area (Å²) in [5, 5.41) is 7.88. The molecular weight excluding hydrogens is 336 g/mol. The summed E-state index contributed by atoms with van der Waals surface area (Å²) in [7, 11) is 0. The summed E-state index contributed by atoms with van der Waals surface area (Å²) >= 11 is 5.98. The molecule has 0 atom stereocenters. The Hall–Kier alpha value is -2.66. The number of rotatable bonds is 5. The van der Waals surface area contributed by atoms with Crippen LogP contribution in [-0.4, -0.2) is 27.2 Å². The molecule has 6 heteroatoms. The Bertz CT molecular complexity index is 806. The lowest BCUT2D eigenvalue weighted by atomic mass is 10.2. The van der Waals surface area contributed by atoms with Crippen molar-refractivity contribution in [3.63, 3.8) is 0 Å². The van der Waals surface area contributed by atoms with E-state index in [0.717, 1.165) is 23.2 Å². The van der Waals surface area contributed by atoms with Gasteiger partial charge in [-0.1, -0.05) is 36.2 Å². The Kier molecular flexibility index (Phi) is 5.14. The Morgan fingerprint density at radius 2 is 1.80 bits per heavy atom. The van der Waals surface area contributed by atoms with Crippen LogP contribution in [0.25, 0.3) is 17.1 Å². The molecule has 0 aliphatic heterocycles. The fourth-order valence-electron chi connectivity index (χ4n) is 2.38. The number of nitrogens with zero attached hydrogens (tertiary/aromatic N) is 3. The molecule has 25 heavy (non-hydrogen) atoms. The van der Waals surface area contributed by atoms with E-state index in [4.69, 9.17) is 11.6 Å². The third kappa shape index (κ3) is 3.88. The molecule has 128 valence electrons. The molecule has 0 saturated carbocycles. The van der Waals surface area contributed by atoms with E-state index in [1.165, 1.54) is 0 Å². The van der Waals surface area contributed by atoms with E-state index in [9.17, 15) is 4.79 Å². The summed E-state index contributed by atoms with van der Waals surface area (Å²) in [6.45, 7) is 4.61. The van der Waals surface area contributed by atoms with Crippen LogP contribution in [0.2, 0.25) is 5.02 Å². The van der Waals surface area contributed by atoms with Crippen molar-refractivity contribution < 1.29 is 4.79 Å². The zero-order valence-electron chi connectivity index (χ0n) is 14.2. The first kappa shape index (κ1) is 17.2. The normalized spacial score (nSPS) is 10.7. The fourth-order valence-corrected chi connectivity index (χ4v) is 2.50. The summed E-state index contributed by atoms with van der Waals surface area (Å²) in [6.07, 6.45) is 0.856. The minimum absolute atomic E-state index is 0.152. The first-order chi connectivity index (χ1) is 12.1. The fraction of sp³-hybridized carbons (Fsp3) is 0.211. The summed E-state index contributed by atoms with van der Waals surface area (Å²) in [5.74, 6) is 0.476. The molecular formula is C19H19ClN4O. The minimum atomic E-state index is -0.275. The summed E-state index contributed by atoms with van der Waals surface area (Å²) < 4.78 is 1.68. The molecule has 0 bridgehead atoms. The molecule has 1 amide bonds. The van der Waals surface area contributed by atoms with E-state index < -0.39 is 0 Å². The molecule has 1 heterocycles. The van der Waals surface area contributed by atoms with E-state index in [1.54, 1.807) is 16.8 Å². The molecule has 0 saturated heterocycles. The zero-order chi connectivity index (χ0) is 17.8. The highest BCUT2D eigenvalue weighted by Gasteiger charge is 2.18. The summed E-state index contributed by atoms with van der Waals surface area (Å²) in [6, 6.07) is 15.2. The highest BCUT2D eigenvalue weighted by molar-refractivity contribution is 6.30. The van der Waals surface area contributed by atoms with Gasteiger partial charge in [-0.3, -0.25) is 4.79 Å². The standard InChI is InChI=1S/C19H19ClN4O/c1-3-12-21-19(25)17-22-18(14-6-8-15(20)9-7-14)24(23-17)16-10-4-13(2)5-11-16/h4-11H,3,12H2,1-2H3,(H,21,25). The molecule has 3 rings (SSSR count). The number of halogens is 1. The number of aryl methyl sites for hydroxylation is 1. The van der Waals surface area contributed by atoms with Crippen molar-refractivity contribution in [2.45, 2.75) is 20.3 Å². The van der Waals surface area contributed by atoms with Crippen molar-refractivity contribution >= 4 is 17.5 Å². The lowest BCUT2D eigenvalue weighted by Crippen LogP contribution is -2.25. The second-order valence-electron chi connectivity index (χ2n) is 5.77. The van der Waals surface area contributed by atoms with Gasteiger partial charge in [-0.2, -0.15) is 0 Å². The van der Waals surface area contributed by atoms with Crippen molar-refractivity contribution in [1.82, 2.24) is 20.1 Å². The lowest BCUT2D eigenvalue weighted by Gasteiger charge is -2.06. The van der Waals surface area contributed by atoms with Crippen molar-refractivity contribution in [1.29, 1.82) is 0 Å². The summed E-state index contributed by atoms with van der Waals surface area (Å²) in [5.41, 5.74) is 2.84. The average molecular weight is 355 g/mol. The van der Waals surface area contributed by atoms with E-state index in [1.807, 2.05) is 50.2 Å². The van der Waals surface area contributed by atoms with Gasteiger partial charge in [0.15, 0.2) is 5.82 Å². The maximum absolute atomic E-state index is 12.3. The van der Waals surface area contributed by atoms with Crippen LogP contribution < -0.4 is 5.32 Å². The smallest absolute Gasteiger partial charge is 0.290 e. The molecule has 1 N–H and O–H groups in total. The number of hydrogen-bond donors (Lipinski definition) is 1. The second-order valence-corrected chi connectivity index (χ2v) is 6.21. The molecule has 0 radical (unpaired) electrons. The van der Waals surface area contributed by atoms with Gasteiger partial charge in [0.05, 0.1) is 5.69 Å². The number of hydrogen-bond acceptors (Lipinski definition) is 3. The minimum Gasteiger partial charge on any atom is -0.349 e. The molecule has 0 aliphatic carbocycles. The molecule has 0 spiro atoms. The molecule has 5 nitrogen and oxygen atoms in total. The van der Waals surface area contributed by atoms with Gasteiger partial charge in [-0.25, -0.2) is 9.67 Å². The van der Waals surface area contributed by atoms with Crippen LogP contribution in [0, 0.1) is 6.92 Å². The van der Waals surface area contributed by atoms with Crippen LogP contribution in [-0.2, 0) is 0 Å². The number of aromatic nitrogens is 3. The second kappa shape index (κ2) is 7.49. The first-order valence-electron chi connectivity index (χ1n) is 8.16. The Labute approximate surface area is 151 Å². The van der Waals surface area contributed by atoms with Gasteiger partial charge in [-0.05, 0) is 49.7 Å². The third-order valence-electron chi connectivity index (χ3n) is 3.73.